The average molecular weight is 184 g/mol. The molecule has 0 aliphatic heterocycles. The molecule has 0 fully saturated rings. The Hall–Kier alpha value is -0.830. The van der Waals surface area contributed by atoms with Crippen molar-refractivity contribution in [3.05, 3.63) is 12.2 Å². The Labute approximate surface area is 80.8 Å². The van der Waals surface area contributed by atoms with Crippen LogP contribution in [0.4, 0.5) is 0 Å². The third-order valence-electron chi connectivity index (χ3n) is 1.53. The van der Waals surface area contributed by atoms with E-state index in [1.165, 1.54) is 0 Å². The van der Waals surface area contributed by atoms with Crippen LogP contribution in [0.5, 0.6) is 0 Å². The molecule has 1 amide bonds. The molecule has 0 spiro atoms. The molecule has 0 saturated carbocycles. The first-order valence-corrected chi connectivity index (χ1v) is 4.73. The molecular formula is C10H20N2O. The molecule has 0 aromatic heterocycles. The second kappa shape index (κ2) is 7.80. The number of nitrogens with one attached hydrogen (secondary N) is 1. The van der Waals surface area contributed by atoms with E-state index < -0.39 is 0 Å². The minimum Gasteiger partial charge on any atom is -0.343 e. The average Bonchev–Trinajstić information content (AvgIpc) is 2.09. The van der Waals surface area contributed by atoms with Crippen LogP contribution in [0.25, 0.3) is 0 Å². The Morgan fingerprint density at radius 2 is 2.08 bits per heavy atom. The highest BCUT2D eigenvalue weighted by Crippen LogP contribution is 1.92. The summed E-state index contributed by atoms with van der Waals surface area (Å²) in [5.41, 5.74) is 0. The van der Waals surface area contributed by atoms with Crippen LogP contribution >= 0.6 is 0 Å². The smallest absolute Gasteiger partial charge is 0.221 e. The van der Waals surface area contributed by atoms with Crippen LogP contribution in [0.3, 0.4) is 0 Å². The number of rotatable bonds is 6. The van der Waals surface area contributed by atoms with E-state index in [9.17, 15) is 4.79 Å². The van der Waals surface area contributed by atoms with Gasteiger partial charge < -0.3 is 5.32 Å². The zero-order valence-electron chi connectivity index (χ0n) is 8.84. The summed E-state index contributed by atoms with van der Waals surface area (Å²) in [6, 6.07) is 0. The predicted molar refractivity (Wildman–Crippen MR) is 55.4 cm³/mol. The van der Waals surface area contributed by atoms with Gasteiger partial charge >= 0.3 is 0 Å². The van der Waals surface area contributed by atoms with Crippen molar-refractivity contribution in [2.75, 3.05) is 20.8 Å². The maximum absolute atomic E-state index is 11.1. The van der Waals surface area contributed by atoms with E-state index in [2.05, 4.69) is 24.4 Å². The highest BCUT2D eigenvalue weighted by Gasteiger charge is 1.98. The highest BCUT2D eigenvalue weighted by molar-refractivity contribution is 5.75. The zero-order valence-corrected chi connectivity index (χ0v) is 8.84. The largest absolute Gasteiger partial charge is 0.343 e. The number of carbonyl (C=O) groups excluding carboxylic acids is 1. The van der Waals surface area contributed by atoms with E-state index in [0.29, 0.717) is 13.1 Å². The molecule has 0 atom stereocenters. The normalized spacial score (nSPS) is 11.1. The van der Waals surface area contributed by atoms with E-state index in [1.54, 1.807) is 0 Å². The molecule has 0 saturated heterocycles. The maximum Gasteiger partial charge on any atom is 0.221 e. The first-order valence-electron chi connectivity index (χ1n) is 4.73. The molecule has 0 aliphatic rings. The number of hydrogen-bond donors (Lipinski definition) is 1. The zero-order chi connectivity index (χ0) is 10.1. The summed E-state index contributed by atoms with van der Waals surface area (Å²) in [5, 5.41) is 2.81. The van der Waals surface area contributed by atoms with Crippen LogP contribution in [-0.2, 0) is 4.79 Å². The maximum atomic E-state index is 11.1. The topological polar surface area (TPSA) is 32.3 Å². The molecule has 13 heavy (non-hydrogen) atoms. The summed E-state index contributed by atoms with van der Waals surface area (Å²) in [4.78, 5) is 13.1. The van der Waals surface area contributed by atoms with Crippen LogP contribution in [0, 0.1) is 0 Å². The van der Waals surface area contributed by atoms with Gasteiger partial charge in [0.1, 0.15) is 0 Å². The predicted octanol–water partition coefficient (Wildman–Crippen LogP) is 1.37. The molecule has 76 valence electrons. The second-order valence-corrected chi connectivity index (χ2v) is 3.26. The highest BCUT2D eigenvalue weighted by atomic mass is 16.1. The minimum atomic E-state index is 0.120. The quantitative estimate of drug-likeness (QED) is 0.499. The number of hydrogen-bond acceptors (Lipinski definition) is 2. The van der Waals surface area contributed by atoms with Crippen LogP contribution < -0.4 is 5.32 Å². The fourth-order valence-corrected chi connectivity index (χ4v) is 0.834. The van der Waals surface area contributed by atoms with E-state index in [4.69, 9.17) is 0 Å². The summed E-state index contributed by atoms with van der Waals surface area (Å²) in [5.74, 6) is 0.120. The van der Waals surface area contributed by atoms with Crippen molar-refractivity contribution in [2.24, 2.45) is 0 Å². The van der Waals surface area contributed by atoms with Crippen molar-refractivity contribution >= 4 is 5.91 Å². The summed E-state index contributed by atoms with van der Waals surface area (Å²) >= 11 is 0. The summed E-state index contributed by atoms with van der Waals surface area (Å²) in [6.07, 6.45) is 6.60. The lowest BCUT2D eigenvalue weighted by Gasteiger charge is -2.10. The number of nitrogens with zero attached hydrogens (tertiary/aromatic N) is 1. The van der Waals surface area contributed by atoms with Gasteiger partial charge in [-0.1, -0.05) is 19.1 Å². The molecule has 1 N–H and O–H groups in total. The standard InChI is InChI=1S/C10H20N2O/c1-4-5-6-7-8-10(13)11-9-12(2)3/h5-6H,4,7-9H2,1-3H3,(H,11,13)/b6-5+. The fourth-order valence-electron chi connectivity index (χ4n) is 0.834. The van der Waals surface area contributed by atoms with Gasteiger partial charge in [-0.05, 0) is 26.9 Å². The number of allylic oxidation sites excluding steroid dienone is 2. The van der Waals surface area contributed by atoms with Gasteiger partial charge in [-0.25, -0.2) is 0 Å². The molecule has 0 heterocycles. The number of amides is 1. The van der Waals surface area contributed by atoms with Gasteiger partial charge in [0.05, 0.1) is 6.67 Å². The fraction of sp³-hybridized carbons (Fsp3) is 0.700. The van der Waals surface area contributed by atoms with Crippen LogP contribution in [0.2, 0.25) is 0 Å². The van der Waals surface area contributed by atoms with Crippen molar-refractivity contribution in [1.29, 1.82) is 0 Å². The molecule has 0 unspecified atom stereocenters. The van der Waals surface area contributed by atoms with Gasteiger partial charge in [-0.3, -0.25) is 9.69 Å². The van der Waals surface area contributed by atoms with E-state index in [-0.39, 0.29) is 5.91 Å². The van der Waals surface area contributed by atoms with Crippen LogP contribution in [0.15, 0.2) is 12.2 Å². The first kappa shape index (κ1) is 12.2. The Morgan fingerprint density at radius 3 is 2.62 bits per heavy atom. The van der Waals surface area contributed by atoms with Crippen molar-refractivity contribution in [1.82, 2.24) is 10.2 Å². The third kappa shape index (κ3) is 9.08. The molecule has 0 bridgehead atoms. The van der Waals surface area contributed by atoms with E-state index in [0.717, 1.165) is 12.8 Å². The Bertz CT molecular complexity index is 164. The van der Waals surface area contributed by atoms with E-state index >= 15 is 0 Å². The Balaban J connectivity index is 3.35. The van der Waals surface area contributed by atoms with Gasteiger partial charge in [0.2, 0.25) is 5.91 Å². The van der Waals surface area contributed by atoms with Crippen molar-refractivity contribution < 1.29 is 4.79 Å². The molecule has 0 radical (unpaired) electrons. The molecular weight excluding hydrogens is 164 g/mol. The molecule has 3 heteroatoms. The molecule has 0 rings (SSSR count). The van der Waals surface area contributed by atoms with Crippen molar-refractivity contribution in [3.63, 3.8) is 0 Å². The van der Waals surface area contributed by atoms with E-state index in [1.807, 2.05) is 19.0 Å². The minimum absolute atomic E-state index is 0.120. The lowest BCUT2D eigenvalue weighted by atomic mass is 10.2. The first-order chi connectivity index (χ1) is 6.16. The van der Waals surface area contributed by atoms with Gasteiger partial charge in [-0.15, -0.1) is 0 Å². The summed E-state index contributed by atoms with van der Waals surface area (Å²) in [6.45, 7) is 2.71. The molecule has 0 aliphatic carbocycles. The third-order valence-corrected chi connectivity index (χ3v) is 1.53. The van der Waals surface area contributed by atoms with Crippen LogP contribution in [0.1, 0.15) is 26.2 Å². The molecule has 3 nitrogen and oxygen atoms in total. The van der Waals surface area contributed by atoms with Crippen molar-refractivity contribution in [2.45, 2.75) is 26.2 Å². The van der Waals surface area contributed by atoms with Crippen molar-refractivity contribution in [3.8, 4) is 0 Å². The second-order valence-electron chi connectivity index (χ2n) is 3.26. The lowest BCUT2D eigenvalue weighted by molar-refractivity contribution is -0.121. The number of carbonyl (C=O) groups is 1. The van der Waals surface area contributed by atoms with Gasteiger partial charge in [0.25, 0.3) is 0 Å². The molecule has 0 aromatic carbocycles. The van der Waals surface area contributed by atoms with Gasteiger partial charge in [-0.2, -0.15) is 0 Å². The van der Waals surface area contributed by atoms with Gasteiger partial charge in [0, 0.05) is 6.42 Å². The summed E-state index contributed by atoms with van der Waals surface area (Å²) in [7, 11) is 3.86. The van der Waals surface area contributed by atoms with Gasteiger partial charge in [0.15, 0.2) is 0 Å². The molecule has 0 aromatic rings. The lowest BCUT2D eigenvalue weighted by Crippen LogP contribution is -2.32. The Kier molecular flexibility index (Phi) is 7.30. The Morgan fingerprint density at radius 1 is 1.38 bits per heavy atom. The summed E-state index contributed by atoms with van der Waals surface area (Å²) < 4.78 is 0. The van der Waals surface area contributed by atoms with Crippen LogP contribution in [-0.4, -0.2) is 31.6 Å². The SMILES string of the molecule is CC/C=C/CCC(=O)NCN(C)C. The monoisotopic (exact) mass is 184 g/mol.